The van der Waals surface area contributed by atoms with Gasteiger partial charge in [-0.05, 0) is 61.6 Å². The summed E-state index contributed by atoms with van der Waals surface area (Å²) in [6, 6.07) is 6.26. The van der Waals surface area contributed by atoms with Gasteiger partial charge in [0.15, 0.2) is 17.3 Å². The van der Waals surface area contributed by atoms with Crippen molar-refractivity contribution in [2.75, 3.05) is 0 Å². The highest BCUT2D eigenvalue weighted by Gasteiger charge is 2.31. The SMILES string of the molecule is CC1(C)C=Cc2cc(C3CC(=O)c4c(O)cc(O)cc4C3)cc(O)c2O1. The van der Waals surface area contributed by atoms with Gasteiger partial charge in [-0.1, -0.05) is 6.08 Å². The summed E-state index contributed by atoms with van der Waals surface area (Å²) < 4.78 is 5.83. The smallest absolute Gasteiger partial charge is 0.169 e. The number of carbonyl (C=O) groups is 1. The van der Waals surface area contributed by atoms with Crippen molar-refractivity contribution in [3.8, 4) is 23.0 Å². The second-order valence-electron chi connectivity index (χ2n) is 7.52. The van der Waals surface area contributed by atoms with Crippen molar-refractivity contribution in [2.45, 2.75) is 38.2 Å². The lowest BCUT2D eigenvalue weighted by Gasteiger charge is -2.30. The molecule has 0 fully saturated rings. The van der Waals surface area contributed by atoms with Crippen LogP contribution in [0.3, 0.4) is 0 Å². The highest BCUT2D eigenvalue weighted by Crippen LogP contribution is 2.44. The molecule has 0 amide bonds. The first kappa shape index (κ1) is 16.5. The van der Waals surface area contributed by atoms with Crippen LogP contribution in [-0.4, -0.2) is 26.7 Å². The lowest BCUT2D eigenvalue weighted by atomic mass is 9.78. The van der Waals surface area contributed by atoms with E-state index in [9.17, 15) is 20.1 Å². The van der Waals surface area contributed by atoms with Crippen LogP contribution in [0.15, 0.2) is 30.3 Å². The fourth-order valence-electron chi connectivity index (χ4n) is 3.77. The summed E-state index contributed by atoms with van der Waals surface area (Å²) in [5, 5.41) is 30.1. The van der Waals surface area contributed by atoms with Gasteiger partial charge in [0.1, 0.15) is 17.1 Å². The Kier molecular flexibility index (Phi) is 3.51. The quantitative estimate of drug-likeness (QED) is 0.724. The molecule has 0 saturated heterocycles. The summed E-state index contributed by atoms with van der Waals surface area (Å²) in [6.45, 7) is 3.82. The van der Waals surface area contributed by atoms with Gasteiger partial charge in [-0.15, -0.1) is 0 Å². The van der Waals surface area contributed by atoms with Crippen LogP contribution < -0.4 is 4.74 Å². The maximum absolute atomic E-state index is 12.5. The highest BCUT2D eigenvalue weighted by atomic mass is 16.5. The molecule has 0 saturated carbocycles. The second-order valence-corrected chi connectivity index (χ2v) is 7.52. The van der Waals surface area contributed by atoms with E-state index in [0.717, 1.165) is 11.1 Å². The van der Waals surface area contributed by atoms with Gasteiger partial charge in [-0.3, -0.25) is 4.79 Å². The number of phenols is 3. The van der Waals surface area contributed by atoms with E-state index in [1.807, 2.05) is 32.1 Å². The fourth-order valence-corrected chi connectivity index (χ4v) is 3.77. The normalized spacial score (nSPS) is 20.2. The largest absolute Gasteiger partial charge is 0.508 e. The van der Waals surface area contributed by atoms with E-state index in [1.165, 1.54) is 12.1 Å². The molecule has 0 spiro atoms. The Morgan fingerprint density at radius 3 is 2.58 bits per heavy atom. The Bertz CT molecular complexity index is 955. The standard InChI is InChI=1S/C21H20O5/c1-21(2)4-3-11-5-12(9-18(25)20(11)26-21)13-6-14-7-15(22)10-17(24)19(14)16(23)8-13/h3-5,7,9-10,13,22,24-25H,6,8H2,1-2H3. The van der Waals surface area contributed by atoms with Crippen LogP contribution in [0.4, 0.5) is 0 Å². The molecule has 5 nitrogen and oxygen atoms in total. The molecule has 26 heavy (non-hydrogen) atoms. The van der Waals surface area contributed by atoms with Crippen molar-refractivity contribution in [3.05, 3.63) is 52.6 Å². The van der Waals surface area contributed by atoms with Crippen molar-refractivity contribution in [3.63, 3.8) is 0 Å². The van der Waals surface area contributed by atoms with E-state index < -0.39 is 5.60 Å². The van der Waals surface area contributed by atoms with Crippen molar-refractivity contribution in [1.82, 2.24) is 0 Å². The third-order valence-corrected chi connectivity index (χ3v) is 4.98. The number of phenolic OH excluding ortho intramolecular Hbond substituents is 3. The Morgan fingerprint density at radius 1 is 1.04 bits per heavy atom. The maximum Gasteiger partial charge on any atom is 0.169 e. The number of fused-ring (bicyclic) bond motifs is 2. The predicted molar refractivity (Wildman–Crippen MR) is 97.0 cm³/mol. The molecule has 1 heterocycles. The van der Waals surface area contributed by atoms with Gasteiger partial charge in [-0.25, -0.2) is 0 Å². The summed E-state index contributed by atoms with van der Waals surface area (Å²) in [7, 11) is 0. The van der Waals surface area contributed by atoms with Crippen molar-refractivity contribution >= 4 is 11.9 Å². The number of Topliss-reactive ketones (excluding diaryl/α,β-unsaturated/α-hetero) is 1. The summed E-state index contributed by atoms with van der Waals surface area (Å²) in [5.74, 6) is -0.0718. The number of hydrogen-bond acceptors (Lipinski definition) is 5. The van der Waals surface area contributed by atoms with E-state index in [2.05, 4.69) is 0 Å². The van der Waals surface area contributed by atoms with Crippen molar-refractivity contribution < 1.29 is 24.9 Å². The molecule has 2 aromatic carbocycles. The van der Waals surface area contributed by atoms with Crippen LogP contribution in [0.5, 0.6) is 23.0 Å². The molecule has 1 aliphatic heterocycles. The lowest BCUT2D eigenvalue weighted by Crippen LogP contribution is -2.27. The number of benzene rings is 2. The molecule has 1 aliphatic carbocycles. The number of aromatic hydroxyl groups is 3. The molecule has 0 aromatic heterocycles. The Morgan fingerprint density at radius 2 is 1.81 bits per heavy atom. The minimum atomic E-state index is -0.485. The van der Waals surface area contributed by atoms with Crippen LogP contribution in [0.25, 0.3) is 6.08 Å². The topological polar surface area (TPSA) is 87.0 Å². The molecule has 2 aromatic rings. The van der Waals surface area contributed by atoms with Crippen LogP contribution in [0, 0.1) is 0 Å². The molecule has 134 valence electrons. The summed E-state index contributed by atoms with van der Waals surface area (Å²) in [6.07, 6.45) is 4.57. The molecule has 3 N–H and O–H groups in total. The number of ketones is 1. The average Bonchev–Trinajstić information content (AvgIpc) is 2.53. The molecule has 5 heteroatoms. The summed E-state index contributed by atoms with van der Waals surface area (Å²) in [4.78, 5) is 12.5. The van der Waals surface area contributed by atoms with Crippen LogP contribution in [0.2, 0.25) is 0 Å². The van der Waals surface area contributed by atoms with Gasteiger partial charge >= 0.3 is 0 Å². The molecule has 1 unspecified atom stereocenters. The van der Waals surface area contributed by atoms with Gasteiger partial charge in [-0.2, -0.15) is 0 Å². The van der Waals surface area contributed by atoms with Crippen LogP contribution >= 0.6 is 0 Å². The Labute approximate surface area is 151 Å². The van der Waals surface area contributed by atoms with Crippen molar-refractivity contribution in [2.24, 2.45) is 0 Å². The van der Waals surface area contributed by atoms with Crippen molar-refractivity contribution in [1.29, 1.82) is 0 Å². The summed E-state index contributed by atoms with van der Waals surface area (Å²) >= 11 is 0. The molecular formula is C21H20O5. The van der Waals surface area contributed by atoms with Crippen LogP contribution in [0.1, 0.15) is 53.2 Å². The number of ether oxygens (including phenoxy) is 1. The lowest BCUT2D eigenvalue weighted by molar-refractivity contribution is 0.0961. The minimum Gasteiger partial charge on any atom is -0.508 e. The number of hydrogen-bond donors (Lipinski definition) is 3. The molecule has 2 aliphatic rings. The van der Waals surface area contributed by atoms with Gasteiger partial charge in [0, 0.05) is 18.1 Å². The predicted octanol–water partition coefficient (Wildman–Crippen LogP) is 3.90. The molecule has 0 bridgehead atoms. The number of rotatable bonds is 1. The molecule has 1 atom stereocenters. The molecule has 0 radical (unpaired) electrons. The first-order chi connectivity index (χ1) is 12.2. The van der Waals surface area contributed by atoms with Gasteiger partial charge in [0.2, 0.25) is 0 Å². The van der Waals surface area contributed by atoms with Crippen LogP contribution in [-0.2, 0) is 6.42 Å². The third-order valence-electron chi connectivity index (χ3n) is 4.98. The third kappa shape index (κ3) is 2.69. The maximum atomic E-state index is 12.5. The fraction of sp³-hybridized carbons (Fsp3) is 0.286. The molecule has 4 rings (SSSR count). The number of carbonyl (C=O) groups excluding carboxylic acids is 1. The van der Waals surface area contributed by atoms with E-state index in [0.29, 0.717) is 17.7 Å². The molecular weight excluding hydrogens is 332 g/mol. The van der Waals surface area contributed by atoms with Gasteiger partial charge in [0.25, 0.3) is 0 Å². The Balaban J connectivity index is 1.74. The Hall–Kier alpha value is -2.95. The zero-order valence-electron chi connectivity index (χ0n) is 14.6. The van der Waals surface area contributed by atoms with E-state index in [1.54, 1.807) is 6.07 Å². The minimum absolute atomic E-state index is 0.0481. The van der Waals surface area contributed by atoms with E-state index in [4.69, 9.17) is 4.74 Å². The zero-order chi connectivity index (χ0) is 18.6. The second kappa shape index (κ2) is 5.53. The monoisotopic (exact) mass is 352 g/mol. The highest BCUT2D eigenvalue weighted by molar-refractivity contribution is 6.01. The van der Waals surface area contributed by atoms with Gasteiger partial charge < -0.3 is 20.1 Å². The first-order valence-electron chi connectivity index (χ1n) is 8.57. The van der Waals surface area contributed by atoms with Gasteiger partial charge in [0.05, 0.1) is 5.56 Å². The first-order valence-corrected chi connectivity index (χ1v) is 8.57. The summed E-state index contributed by atoms with van der Waals surface area (Å²) in [5.41, 5.74) is 2.02. The zero-order valence-corrected chi connectivity index (χ0v) is 14.6. The van der Waals surface area contributed by atoms with E-state index in [-0.39, 0.29) is 40.9 Å². The van der Waals surface area contributed by atoms with E-state index >= 15 is 0 Å². The average molecular weight is 352 g/mol.